The van der Waals surface area contributed by atoms with Crippen LogP contribution in [0.15, 0.2) is 48.5 Å². The highest BCUT2D eigenvalue weighted by Crippen LogP contribution is 2.22. The maximum Gasteiger partial charge on any atom is 0.271 e. The van der Waals surface area contributed by atoms with Gasteiger partial charge in [-0.15, -0.1) is 0 Å². The number of carbonyl (C=O) groups excluding carboxylic acids is 1. The Hall–Kier alpha value is -2.80. The number of nitro benzene ring substituents is 1. The van der Waals surface area contributed by atoms with Crippen LogP contribution in [0.4, 0.5) is 15.8 Å². The maximum absolute atomic E-state index is 13.6. The monoisotopic (exact) mass is 289 g/mol. The Bertz CT molecular complexity index is 676. The molecule has 108 valence electrons. The van der Waals surface area contributed by atoms with Gasteiger partial charge < -0.3 is 11.1 Å². The minimum atomic E-state index is -0.995. The lowest BCUT2D eigenvalue weighted by Gasteiger charge is -2.12. The molecule has 0 aliphatic carbocycles. The summed E-state index contributed by atoms with van der Waals surface area (Å²) in [6.07, 6.45) is 0. The molecule has 0 spiro atoms. The number of amides is 1. The Morgan fingerprint density at radius 3 is 2.52 bits per heavy atom. The molecular weight excluding hydrogens is 277 g/mol. The van der Waals surface area contributed by atoms with Crippen molar-refractivity contribution in [1.82, 2.24) is 0 Å². The molecule has 0 bridgehead atoms. The van der Waals surface area contributed by atoms with Crippen LogP contribution in [0.1, 0.15) is 11.6 Å². The van der Waals surface area contributed by atoms with Crippen molar-refractivity contribution in [2.24, 2.45) is 5.73 Å². The second kappa shape index (κ2) is 6.10. The van der Waals surface area contributed by atoms with E-state index in [0.717, 1.165) is 18.2 Å². The Morgan fingerprint density at radius 2 is 1.90 bits per heavy atom. The van der Waals surface area contributed by atoms with Crippen molar-refractivity contribution in [3.8, 4) is 0 Å². The van der Waals surface area contributed by atoms with Crippen molar-refractivity contribution in [1.29, 1.82) is 0 Å². The largest absolute Gasteiger partial charge is 0.322 e. The molecule has 21 heavy (non-hydrogen) atoms. The Morgan fingerprint density at radius 1 is 1.24 bits per heavy atom. The fourth-order valence-electron chi connectivity index (χ4n) is 1.74. The van der Waals surface area contributed by atoms with E-state index in [-0.39, 0.29) is 11.4 Å². The predicted octanol–water partition coefficient (Wildman–Crippen LogP) is 2.37. The summed E-state index contributed by atoms with van der Waals surface area (Å²) >= 11 is 0. The molecular formula is C14H12FN3O3. The van der Waals surface area contributed by atoms with Crippen molar-refractivity contribution in [3.63, 3.8) is 0 Å². The molecule has 0 aromatic heterocycles. The third kappa shape index (κ3) is 3.40. The molecule has 0 saturated heterocycles. The van der Waals surface area contributed by atoms with Gasteiger partial charge in [-0.1, -0.05) is 30.3 Å². The van der Waals surface area contributed by atoms with E-state index in [1.807, 2.05) is 0 Å². The third-order valence-corrected chi connectivity index (χ3v) is 2.86. The van der Waals surface area contributed by atoms with Crippen LogP contribution >= 0.6 is 0 Å². The molecule has 1 amide bonds. The summed E-state index contributed by atoms with van der Waals surface area (Å²) in [6.45, 7) is 0. The number of nitrogens with zero attached hydrogens (tertiary/aromatic N) is 1. The van der Waals surface area contributed by atoms with Crippen LogP contribution in [-0.2, 0) is 4.79 Å². The molecule has 0 fully saturated rings. The summed E-state index contributed by atoms with van der Waals surface area (Å²) in [5, 5.41) is 12.9. The first kappa shape index (κ1) is 14.6. The topological polar surface area (TPSA) is 98.3 Å². The zero-order valence-electron chi connectivity index (χ0n) is 10.8. The third-order valence-electron chi connectivity index (χ3n) is 2.86. The highest BCUT2D eigenvalue weighted by molar-refractivity contribution is 5.95. The van der Waals surface area contributed by atoms with Crippen molar-refractivity contribution < 1.29 is 14.1 Å². The lowest BCUT2D eigenvalue weighted by Crippen LogP contribution is -2.28. The van der Waals surface area contributed by atoms with Crippen LogP contribution in [0.3, 0.4) is 0 Å². The van der Waals surface area contributed by atoms with Gasteiger partial charge in [0, 0.05) is 12.1 Å². The quantitative estimate of drug-likeness (QED) is 0.666. The van der Waals surface area contributed by atoms with Gasteiger partial charge in [-0.3, -0.25) is 14.9 Å². The van der Waals surface area contributed by atoms with Crippen LogP contribution in [0, 0.1) is 15.9 Å². The minimum Gasteiger partial charge on any atom is -0.322 e. The van der Waals surface area contributed by atoms with E-state index in [1.54, 1.807) is 30.3 Å². The second-order valence-corrected chi connectivity index (χ2v) is 4.30. The molecule has 0 radical (unpaired) electrons. The van der Waals surface area contributed by atoms with Crippen molar-refractivity contribution >= 4 is 17.3 Å². The number of rotatable bonds is 4. The van der Waals surface area contributed by atoms with Crippen molar-refractivity contribution in [2.75, 3.05) is 5.32 Å². The highest BCUT2D eigenvalue weighted by atomic mass is 19.1. The van der Waals surface area contributed by atoms with Gasteiger partial charge in [0.25, 0.3) is 5.69 Å². The number of benzene rings is 2. The summed E-state index contributed by atoms with van der Waals surface area (Å²) in [6, 6.07) is 10.4. The molecule has 0 unspecified atom stereocenters. The van der Waals surface area contributed by atoms with Crippen LogP contribution in [0.5, 0.6) is 0 Å². The molecule has 1 atom stereocenters. The number of hydrogen-bond acceptors (Lipinski definition) is 4. The number of halogens is 1. The normalized spacial score (nSPS) is 11.7. The van der Waals surface area contributed by atoms with E-state index < -0.39 is 22.7 Å². The van der Waals surface area contributed by atoms with Crippen LogP contribution < -0.4 is 11.1 Å². The van der Waals surface area contributed by atoms with Crippen molar-refractivity contribution in [2.45, 2.75) is 6.04 Å². The van der Waals surface area contributed by atoms with Gasteiger partial charge in [-0.25, -0.2) is 4.39 Å². The molecule has 2 aromatic carbocycles. The zero-order chi connectivity index (χ0) is 15.4. The number of non-ortho nitro benzene ring substituents is 1. The van der Waals surface area contributed by atoms with Gasteiger partial charge in [0.2, 0.25) is 5.91 Å². The second-order valence-electron chi connectivity index (χ2n) is 4.30. The Balaban J connectivity index is 2.20. The van der Waals surface area contributed by atoms with Gasteiger partial charge in [0.1, 0.15) is 11.9 Å². The van der Waals surface area contributed by atoms with Gasteiger partial charge in [-0.2, -0.15) is 0 Å². The first-order valence-corrected chi connectivity index (χ1v) is 6.04. The Kier molecular flexibility index (Phi) is 4.24. The van der Waals surface area contributed by atoms with Gasteiger partial charge in [-0.05, 0) is 11.6 Å². The minimum absolute atomic E-state index is 0.277. The van der Waals surface area contributed by atoms with Crippen LogP contribution in [0.25, 0.3) is 0 Å². The standard InChI is InChI=1S/C14H12FN3O3/c15-11-7-6-10(18(20)21)8-12(11)17-14(19)13(16)9-4-2-1-3-5-9/h1-8,13H,16H2,(H,17,19)/t13-/m1/s1. The molecule has 7 heteroatoms. The van der Waals surface area contributed by atoms with Crippen LogP contribution in [0.2, 0.25) is 0 Å². The Labute approximate surface area is 119 Å². The number of nitrogens with two attached hydrogens (primary N) is 1. The molecule has 6 nitrogen and oxygen atoms in total. The summed E-state index contributed by atoms with van der Waals surface area (Å²) in [4.78, 5) is 22.0. The predicted molar refractivity (Wildman–Crippen MR) is 75.1 cm³/mol. The van der Waals surface area contributed by atoms with E-state index in [0.29, 0.717) is 5.56 Å². The van der Waals surface area contributed by atoms with E-state index in [4.69, 9.17) is 5.73 Å². The first-order chi connectivity index (χ1) is 9.99. The molecule has 2 aromatic rings. The SMILES string of the molecule is N[C@@H](C(=O)Nc1cc([N+](=O)[O-])ccc1F)c1ccccc1. The maximum atomic E-state index is 13.6. The lowest BCUT2D eigenvalue weighted by atomic mass is 10.1. The molecule has 2 rings (SSSR count). The van der Waals surface area contributed by atoms with E-state index >= 15 is 0 Å². The summed E-state index contributed by atoms with van der Waals surface area (Å²) in [5.41, 5.74) is 5.73. The average molecular weight is 289 g/mol. The van der Waals surface area contributed by atoms with Gasteiger partial charge >= 0.3 is 0 Å². The van der Waals surface area contributed by atoms with Crippen molar-refractivity contribution in [3.05, 3.63) is 70.0 Å². The highest BCUT2D eigenvalue weighted by Gasteiger charge is 2.18. The summed E-state index contributed by atoms with van der Waals surface area (Å²) in [5.74, 6) is -1.42. The fourth-order valence-corrected chi connectivity index (χ4v) is 1.74. The fraction of sp³-hybridized carbons (Fsp3) is 0.0714. The number of nitrogens with one attached hydrogen (secondary N) is 1. The van der Waals surface area contributed by atoms with Gasteiger partial charge in [0.15, 0.2) is 0 Å². The number of hydrogen-bond donors (Lipinski definition) is 2. The molecule has 0 saturated carbocycles. The lowest BCUT2D eigenvalue weighted by molar-refractivity contribution is -0.384. The molecule has 0 aliphatic heterocycles. The van der Waals surface area contributed by atoms with E-state index in [2.05, 4.69) is 5.32 Å². The van der Waals surface area contributed by atoms with E-state index in [1.165, 1.54) is 0 Å². The summed E-state index contributed by atoms with van der Waals surface area (Å²) < 4.78 is 13.6. The smallest absolute Gasteiger partial charge is 0.271 e. The number of nitro groups is 1. The molecule has 3 N–H and O–H groups in total. The van der Waals surface area contributed by atoms with E-state index in [9.17, 15) is 19.3 Å². The van der Waals surface area contributed by atoms with Crippen LogP contribution in [-0.4, -0.2) is 10.8 Å². The molecule has 0 aliphatic rings. The van der Waals surface area contributed by atoms with Gasteiger partial charge in [0.05, 0.1) is 10.6 Å². The summed E-state index contributed by atoms with van der Waals surface area (Å²) in [7, 11) is 0. The number of carbonyl (C=O) groups is 1. The number of anilines is 1. The zero-order valence-corrected chi connectivity index (χ0v) is 10.8. The first-order valence-electron chi connectivity index (χ1n) is 6.04. The molecule has 0 heterocycles. The average Bonchev–Trinajstić information content (AvgIpc) is 2.49.